The fourth-order valence-corrected chi connectivity index (χ4v) is 24.6. The molecule has 0 aromatic heterocycles. The van der Waals surface area contributed by atoms with E-state index >= 15 is 0 Å². The Labute approximate surface area is 358 Å². The van der Waals surface area contributed by atoms with Crippen LogP contribution in [0.1, 0.15) is 98.8 Å². The fraction of sp³-hybridized carbons (Fsp3) is 0.480. The van der Waals surface area contributed by atoms with Gasteiger partial charge in [-0.3, -0.25) is 0 Å². The Morgan fingerprint density at radius 1 is 0.564 bits per heavy atom. The van der Waals surface area contributed by atoms with Crippen LogP contribution in [0, 0.1) is 64.2 Å². The van der Waals surface area contributed by atoms with Crippen molar-refractivity contribution in [1.29, 1.82) is 0 Å². The van der Waals surface area contributed by atoms with E-state index < -0.39 is 37.0 Å². The molecule has 0 heterocycles. The molecule has 10 atom stereocenters. The van der Waals surface area contributed by atoms with Gasteiger partial charge in [-0.15, -0.1) is 0 Å². The summed E-state index contributed by atoms with van der Waals surface area (Å²) in [6.45, 7) is 29.8. The third-order valence-electron chi connectivity index (χ3n) is 15.0. The van der Waals surface area contributed by atoms with Gasteiger partial charge in [0.1, 0.15) is 0 Å². The van der Waals surface area contributed by atoms with Crippen LogP contribution >= 0.6 is 17.0 Å². The third-order valence-corrected chi connectivity index (χ3v) is 24.8. The number of hydrogen-bond acceptors (Lipinski definition) is 0. The van der Waals surface area contributed by atoms with Gasteiger partial charge >= 0.3 is 37.9 Å². The molecule has 55 heavy (non-hydrogen) atoms. The number of rotatable bonds is 4. The Balaban J connectivity index is 0.000000221. The van der Waals surface area contributed by atoms with Crippen LogP contribution in [0.4, 0.5) is 0 Å². The van der Waals surface area contributed by atoms with E-state index in [4.69, 9.17) is 17.0 Å². The second kappa shape index (κ2) is 18.4. The molecule has 0 nitrogen and oxygen atoms in total. The molecule has 0 saturated heterocycles. The predicted octanol–water partition coefficient (Wildman–Crippen LogP) is 16.1. The van der Waals surface area contributed by atoms with Crippen LogP contribution in [-0.4, -0.2) is 16.1 Å². The number of hydrogen-bond donors (Lipinski definition) is 0. The minimum absolute atomic E-state index is 0. The monoisotopic (exact) mass is 886 g/mol. The summed E-state index contributed by atoms with van der Waals surface area (Å²) in [5.74, 6) is 5.06. The van der Waals surface area contributed by atoms with E-state index in [2.05, 4.69) is 167 Å². The van der Waals surface area contributed by atoms with Crippen LogP contribution in [-0.2, 0) is 20.8 Å². The van der Waals surface area contributed by atoms with Gasteiger partial charge in [-0.05, 0) is 134 Å². The number of aryl methyl sites for hydroxylation is 2. The first-order valence-electron chi connectivity index (χ1n) is 20.3. The Morgan fingerprint density at radius 2 is 0.927 bits per heavy atom. The fourth-order valence-electron chi connectivity index (χ4n) is 13.3. The SMILES string of the molecule is CC1=CC=CC2C1CC(C)C2[Si](C)(C)C1C(C)CC2C(C)=CC=CC21.CC1=Cc2c(C)cccc2C1[Si](C)(C)C1C(C)=Cc2c(C)cccc21.[CH3-].[CH3-].[Cl][Zr+2][Cl]. The molecule has 2 saturated carbocycles. The van der Waals surface area contributed by atoms with E-state index in [9.17, 15) is 0 Å². The van der Waals surface area contributed by atoms with Crippen LogP contribution < -0.4 is 0 Å². The van der Waals surface area contributed by atoms with Crippen molar-refractivity contribution in [3.8, 4) is 0 Å². The third kappa shape index (κ3) is 8.47. The maximum atomic E-state index is 4.93. The summed E-state index contributed by atoms with van der Waals surface area (Å²) in [6.07, 6.45) is 22.4. The van der Waals surface area contributed by atoms with Crippen LogP contribution in [0.5, 0.6) is 0 Å². The van der Waals surface area contributed by atoms with E-state index in [1.165, 1.54) is 35.1 Å². The molecule has 0 amide bonds. The topological polar surface area (TPSA) is 0 Å². The molecule has 8 rings (SSSR count). The standard InChI is InChI=1S/C24H36Si.C24H28Si.2CH3.2ClH.Zr/c2*1-15-9-7-11-19-21(15)13-17(3)23(19)25(5,6)24-18(4)14-22-16(2)10-8-12-20(22)24;;;;;/h7-12,17-24H,13-14H2,1-6H3;7-14,23-24H,1-6H3;2*1H3;2*1H;/q;;2*-1;;;+4/p-2. The molecule has 0 aliphatic heterocycles. The quantitative estimate of drug-likeness (QED) is 0.212. The predicted molar refractivity (Wildman–Crippen MR) is 249 cm³/mol. The summed E-state index contributed by atoms with van der Waals surface area (Å²) in [7, 11) is 6.82. The molecule has 296 valence electrons. The van der Waals surface area contributed by atoms with Crippen LogP contribution in [0.3, 0.4) is 0 Å². The van der Waals surface area contributed by atoms with Crippen LogP contribution in [0.15, 0.2) is 95.1 Å². The van der Waals surface area contributed by atoms with E-state index in [1.807, 2.05) is 0 Å². The minimum atomic E-state index is -1.65. The molecule has 5 heteroatoms. The maximum absolute atomic E-state index is 4.93. The van der Waals surface area contributed by atoms with Gasteiger partial charge < -0.3 is 14.9 Å². The molecule has 2 aromatic carbocycles. The van der Waals surface area contributed by atoms with Crippen molar-refractivity contribution in [3.05, 3.63) is 143 Å². The normalized spacial score (nSPS) is 30.9. The van der Waals surface area contributed by atoms with Gasteiger partial charge in [0.25, 0.3) is 0 Å². The van der Waals surface area contributed by atoms with Crippen molar-refractivity contribution < 1.29 is 20.8 Å². The molecule has 0 N–H and O–H groups in total. The number of fused-ring (bicyclic) bond motifs is 4. The van der Waals surface area contributed by atoms with Gasteiger partial charge in [0.15, 0.2) is 0 Å². The Morgan fingerprint density at radius 3 is 1.29 bits per heavy atom. The summed E-state index contributed by atoms with van der Waals surface area (Å²) < 4.78 is 0. The second-order valence-corrected chi connectivity index (χ2v) is 32.5. The van der Waals surface area contributed by atoms with Crippen molar-refractivity contribution in [2.75, 3.05) is 0 Å². The van der Waals surface area contributed by atoms with E-state index in [0.717, 1.165) is 46.6 Å². The van der Waals surface area contributed by atoms with E-state index in [0.29, 0.717) is 11.1 Å². The zero-order chi connectivity index (χ0) is 38.6. The zero-order valence-electron chi connectivity index (χ0n) is 36.5. The van der Waals surface area contributed by atoms with E-state index in [-0.39, 0.29) is 14.9 Å². The van der Waals surface area contributed by atoms with Gasteiger partial charge in [0.2, 0.25) is 0 Å². The molecule has 2 fully saturated rings. The molecule has 6 aliphatic carbocycles. The Bertz CT molecular complexity index is 1760. The number of benzene rings is 2. The van der Waals surface area contributed by atoms with Gasteiger partial charge in [0.05, 0.1) is 16.1 Å². The molecular weight excluding hydrogens is 819 g/mol. The van der Waals surface area contributed by atoms with E-state index in [1.54, 1.807) is 33.4 Å². The summed E-state index contributed by atoms with van der Waals surface area (Å²) in [5.41, 5.74) is 18.5. The van der Waals surface area contributed by atoms with Crippen molar-refractivity contribution in [3.63, 3.8) is 0 Å². The zero-order valence-corrected chi connectivity index (χ0v) is 42.5. The summed E-state index contributed by atoms with van der Waals surface area (Å²) in [5, 5.41) is 0. The molecule has 10 unspecified atom stereocenters. The average Bonchev–Trinajstić information content (AvgIpc) is 3.83. The van der Waals surface area contributed by atoms with Gasteiger partial charge in [0, 0.05) is 11.1 Å². The van der Waals surface area contributed by atoms with Crippen LogP contribution in [0.25, 0.3) is 12.2 Å². The molecular formula is C50H70Cl2Si2Zr. The van der Waals surface area contributed by atoms with Crippen LogP contribution in [0.2, 0.25) is 37.3 Å². The molecule has 0 bridgehead atoms. The first kappa shape index (κ1) is 46.5. The Hall–Kier alpha value is -1.22. The Kier molecular flexibility index (Phi) is 15.5. The average molecular weight is 889 g/mol. The summed E-state index contributed by atoms with van der Waals surface area (Å²) in [6, 6.07) is 13.7. The van der Waals surface area contributed by atoms with Gasteiger partial charge in [-0.25, -0.2) is 0 Å². The van der Waals surface area contributed by atoms with Gasteiger partial charge in [-0.2, -0.15) is 0 Å². The first-order chi connectivity index (χ1) is 25.1. The summed E-state index contributed by atoms with van der Waals surface area (Å²) >= 11 is -0.826. The molecule has 0 radical (unpaired) electrons. The van der Waals surface area contributed by atoms with Crippen molar-refractivity contribution in [1.82, 2.24) is 0 Å². The van der Waals surface area contributed by atoms with Crippen molar-refractivity contribution in [2.24, 2.45) is 35.5 Å². The molecule has 6 aliphatic rings. The second-order valence-electron chi connectivity index (χ2n) is 18.9. The summed E-state index contributed by atoms with van der Waals surface area (Å²) in [4.78, 5) is 0. The number of allylic oxidation sites excluding steroid dienone is 10. The van der Waals surface area contributed by atoms with Crippen molar-refractivity contribution >= 4 is 45.3 Å². The number of halogens is 2. The molecule has 2 aromatic rings. The van der Waals surface area contributed by atoms with Crippen molar-refractivity contribution in [2.45, 2.75) is 117 Å². The first-order valence-corrected chi connectivity index (χ1v) is 32.9. The van der Waals surface area contributed by atoms with Gasteiger partial charge in [-0.1, -0.05) is 147 Å². The molecule has 0 spiro atoms.